The zero-order chi connectivity index (χ0) is 15.7. The molecule has 2 unspecified atom stereocenters. The van der Waals surface area contributed by atoms with Gasteiger partial charge in [0.05, 0.1) is 6.61 Å². The van der Waals surface area contributed by atoms with Gasteiger partial charge in [0.15, 0.2) is 0 Å². The highest BCUT2D eigenvalue weighted by Crippen LogP contribution is 2.27. The van der Waals surface area contributed by atoms with Crippen LogP contribution in [0.15, 0.2) is 0 Å². The van der Waals surface area contributed by atoms with Gasteiger partial charge >= 0.3 is 5.97 Å². The maximum Gasteiger partial charge on any atom is 0.321 e. The molecule has 0 spiro atoms. The number of ether oxygens (including phenoxy) is 1. The maximum atomic E-state index is 11.1. The summed E-state index contributed by atoms with van der Waals surface area (Å²) in [4.78, 5) is 11.1. The number of carbonyl (C=O) groups is 1. The molecule has 0 bridgehead atoms. The zero-order valence-corrected chi connectivity index (χ0v) is 11.2. The molecule has 0 aromatic heterocycles. The summed E-state index contributed by atoms with van der Waals surface area (Å²) in [5.41, 5.74) is 0. The minimum Gasteiger partial charge on any atom is -0.480 e. The van der Waals surface area contributed by atoms with Gasteiger partial charge in [-0.2, -0.15) is 0 Å². The summed E-state index contributed by atoms with van der Waals surface area (Å²) in [6.45, 7) is 2.20. The molecule has 9 nitrogen and oxygen atoms in total. The van der Waals surface area contributed by atoms with Crippen molar-refractivity contribution in [1.29, 1.82) is 0 Å². The van der Waals surface area contributed by atoms with E-state index in [0.29, 0.717) is 0 Å². The van der Waals surface area contributed by atoms with Gasteiger partial charge in [0.25, 0.3) is 0 Å². The summed E-state index contributed by atoms with van der Waals surface area (Å²) in [5.74, 6) is -4.06. The zero-order valence-electron chi connectivity index (χ0n) is 11.2. The van der Waals surface area contributed by atoms with Crippen LogP contribution < -0.4 is 5.32 Å². The van der Waals surface area contributed by atoms with E-state index in [1.54, 1.807) is 13.8 Å². The molecule has 20 heavy (non-hydrogen) atoms. The van der Waals surface area contributed by atoms with Crippen LogP contribution in [0.1, 0.15) is 13.8 Å². The van der Waals surface area contributed by atoms with Crippen LogP contribution in [-0.4, -0.2) is 79.6 Å². The Labute approximate surface area is 115 Å². The molecule has 0 saturated carbocycles. The fourth-order valence-electron chi connectivity index (χ4n) is 1.98. The summed E-state index contributed by atoms with van der Waals surface area (Å²) >= 11 is 0. The summed E-state index contributed by atoms with van der Waals surface area (Å²) in [6, 6.07) is -1.11. The van der Waals surface area contributed by atoms with Gasteiger partial charge in [-0.15, -0.1) is 0 Å². The van der Waals surface area contributed by atoms with E-state index in [1.165, 1.54) is 0 Å². The number of nitrogens with one attached hydrogen (secondary N) is 1. The lowest BCUT2D eigenvalue weighted by Crippen LogP contribution is -2.70. The smallest absolute Gasteiger partial charge is 0.321 e. The summed E-state index contributed by atoms with van der Waals surface area (Å²) < 4.78 is 4.92. The van der Waals surface area contributed by atoms with E-state index in [4.69, 9.17) is 14.9 Å². The van der Waals surface area contributed by atoms with E-state index < -0.39 is 48.9 Å². The predicted molar refractivity (Wildman–Crippen MR) is 64.3 cm³/mol. The predicted octanol–water partition coefficient (Wildman–Crippen LogP) is -3.19. The van der Waals surface area contributed by atoms with Gasteiger partial charge < -0.3 is 35.4 Å². The van der Waals surface area contributed by atoms with Crippen LogP contribution in [-0.2, 0) is 9.53 Å². The third-order valence-corrected chi connectivity index (χ3v) is 3.28. The average Bonchev–Trinajstić information content (AvgIpc) is 2.38. The van der Waals surface area contributed by atoms with E-state index in [0.717, 1.165) is 0 Å². The minimum absolute atomic E-state index is 0.366. The number of hydrogen-bond donors (Lipinski definition) is 7. The number of rotatable bonds is 5. The summed E-state index contributed by atoms with van der Waals surface area (Å²) in [7, 11) is 0. The molecule has 1 aliphatic heterocycles. The van der Waals surface area contributed by atoms with Crippen LogP contribution in [0.5, 0.6) is 0 Å². The second-order valence-corrected chi connectivity index (χ2v) is 5.19. The maximum absolute atomic E-state index is 11.1. The lowest BCUT2D eigenvalue weighted by molar-refractivity contribution is -0.360. The van der Waals surface area contributed by atoms with Crippen molar-refractivity contribution in [2.75, 3.05) is 6.61 Å². The topological polar surface area (TPSA) is 160 Å². The Bertz CT molecular complexity index is 351. The normalized spacial score (nSPS) is 39.8. The van der Waals surface area contributed by atoms with Crippen molar-refractivity contribution in [3.8, 4) is 0 Å². The molecule has 6 atom stereocenters. The number of aliphatic carboxylic acids is 1. The van der Waals surface area contributed by atoms with Crippen molar-refractivity contribution in [2.45, 2.75) is 50.2 Å². The first-order valence-corrected chi connectivity index (χ1v) is 6.18. The molecule has 1 heterocycles. The Kier molecular flexibility index (Phi) is 5.44. The molecule has 1 aliphatic rings. The van der Waals surface area contributed by atoms with Gasteiger partial charge in [0, 0.05) is 0 Å². The average molecular weight is 295 g/mol. The number of carboxylic acid groups (broad SMARTS) is 1. The molecule has 9 heteroatoms. The van der Waals surface area contributed by atoms with Crippen LogP contribution in [0.3, 0.4) is 0 Å². The highest BCUT2D eigenvalue weighted by Gasteiger charge is 2.53. The fourth-order valence-corrected chi connectivity index (χ4v) is 1.98. The van der Waals surface area contributed by atoms with Crippen LogP contribution in [0.2, 0.25) is 0 Å². The standard InChI is InChI=1S/C11H21NO8/c1-4(2)5(10(17)18)12-9-7(15)6(14)8(16)11(19,3-13)20-9/h4-9,12-16,19H,3H2,1-2H3,(H,17,18)/t5?,6-,7+,8+,9?,11+/m1/s1. The lowest BCUT2D eigenvalue weighted by Gasteiger charge is -2.45. The summed E-state index contributed by atoms with van der Waals surface area (Å²) in [6.07, 6.45) is -6.87. The SMILES string of the molecule is CC(C)C(NC1O[C@@](O)(CO)[C@@H](O)[C@H](O)[C@@H]1O)C(=O)O. The van der Waals surface area contributed by atoms with Crippen molar-refractivity contribution in [3.05, 3.63) is 0 Å². The molecule has 0 aliphatic carbocycles. The summed E-state index contributed by atoms with van der Waals surface area (Å²) in [5, 5.41) is 59.3. The first-order valence-electron chi connectivity index (χ1n) is 6.18. The molecule has 1 saturated heterocycles. The molecular weight excluding hydrogens is 274 g/mol. The second-order valence-electron chi connectivity index (χ2n) is 5.19. The van der Waals surface area contributed by atoms with Gasteiger partial charge in [-0.05, 0) is 5.92 Å². The van der Waals surface area contributed by atoms with E-state index in [-0.39, 0.29) is 5.92 Å². The Hall–Kier alpha value is -0.810. The third kappa shape index (κ3) is 3.26. The first-order chi connectivity index (χ1) is 9.14. The van der Waals surface area contributed by atoms with Crippen molar-refractivity contribution in [2.24, 2.45) is 5.92 Å². The van der Waals surface area contributed by atoms with Crippen LogP contribution in [0.25, 0.3) is 0 Å². The molecule has 1 fully saturated rings. The van der Waals surface area contributed by atoms with E-state index >= 15 is 0 Å². The molecule has 7 N–H and O–H groups in total. The molecule has 0 radical (unpaired) electrons. The molecule has 118 valence electrons. The third-order valence-electron chi connectivity index (χ3n) is 3.28. The highest BCUT2D eigenvalue weighted by atomic mass is 16.7. The Balaban J connectivity index is 2.91. The fraction of sp³-hybridized carbons (Fsp3) is 0.909. The van der Waals surface area contributed by atoms with E-state index in [1.807, 2.05) is 0 Å². The largest absolute Gasteiger partial charge is 0.480 e. The monoisotopic (exact) mass is 295 g/mol. The quantitative estimate of drug-likeness (QED) is 0.277. The molecule has 0 amide bonds. The Morgan fingerprint density at radius 2 is 1.85 bits per heavy atom. The number of aliphatic hydroxyl groups excluding tert-OH is 4. The van der Waals surface area contributed by atoms with Crippen molar-refractivity contribution in [3.63, 3.8) is 0 Å². The van der Waals surface area contributed by atoms with E-state index in [2.05, 4.69) is 5.32 Å². The number of aliphatic hydroxyl groups is 5. The Morgan fingerprint density at radius 1 is 1.30 bits per heavy atom. The molecule has 0 aromatic rings. The van der Waals surface area contributed by atoms with Crippen molar-refractivity contribution in [1.82, 2.24) is 5.32 Å². The molecule has 1 rings (SSSR count). The second kappa shape index (κ2) is 6.31. The van der Waals surface area contributed by atoms with Crippen LogP contribution in [0, 0.1) is 5.92 Å². The highest BCUT2D eigenvalue weighted by molar-refractivity contribution is 5.73. The first kappa shape index (κ1) is 17.2. The minimum atomic E-state index is -2.49. The molecule has 0 aromatic carbocycles. The van der Waals surface area contributed by atoms with Gasteiger partial charge in [-0.25, -0.2) is 0 Å². The lowest BCUT2D eigenvalue weighted by atomic mass is 9.94. The van der Waals surface area contributed by atoms with Crippen LogP contribution in [0.4, 0.5) is 0 Å². The van der Waals surface area contributed by atoms with Gasteiger partial charge in [-0.3, -0.25) is 10.1 Å². The van der Waals surface area contributed by atoms with Crippen molar-refractivity contribution >= 4 is 5.97 Å². The number of carboxylic acids is 1. The van der Waals surface area contributed by atoms with Gasteiger partial charge in [0.2, 0.25) is 5.79 Å². The van der Waals surface area contributed by atoms with Gasteiger partial charge in [-0.1, -0.05) is 13.8 Å². The van der Waals surface area contributed by atoms with E-state index in [9.17, 15) is 25.2 Å². The van der Waals surface area contributed by atoms with Crippen LogP contribution >= 0.6 is 0 Å². The van der Waals surface area contributed by atoms with Gasteiger partial charge in [0.1, 0.15) is 30.6 Å². The Morgan fingerprint density at radius 3 is 2.25 bits per heavy atom. The number of hydrogen-bond acceptors (Lipinski definition) is 8. The van der Waals surface area contributed by atoms with Crippen molar-refractivity contribution < 1.29 is 40.2 Å². The molecular formula is C11H21NO8.